The van der Waals surface area contributed by atoms with Crippen LogP contribution in [0.3, 0.4) is 0 Å². The summed E-state index contributed by atoms with van der Waals surface area (Å²) in [6.07, 6.45) is 0. The summed E-state index contributed by atoms with van der Waals surface area (Å²) < 4.78 is 0. The molecule has 4 heteroatoms. The van der Waals surface area contributed by atoms with E-state index in [0.717, 1.165) is 0 Å². The van der Waals surface area contributed by atoms with Crippen LogP contribution in [0.15, 0.2) is 0 Å². The Balaban J connectivity index is -0.0000000480. The van der Waals surface area contributed by atoms with Gasteiger partial charge in [-0.2, -0.15) is 0 Å². The van der Waals surface area contributed by atoms with Gasteiger partial charge in [0.1, 0.15) is 0 Å². The molecule has 0 atom stereocenters. The summed E-state index contributed by atoms with van der Waals surface area (Å²) >= 11 is 0. The molecular weight excluding hydrogens is 264 g/mol. The molecule has 0 unspecified atom stereocenters. The molecule has 0 spiro atoms. The van der Waals surface area contributed by atoms with Crippen molar-refractivity contribution in [1.29, 1.82) is 0 Å². The number of amides is 1. The predicted molar refractivity (Wildman–Crippen MR) is 25.0 cm³/mol. The van der Waals surface area contributed by atoms with Crippen LogP contribution < -0.4 is 11.5 Å². The smallest absolute Gasteiger partial charge is 0.214 e. The van der Waals surface area contributed by atoms with E-state index in [9.17, 15) is 4.79 Å². The maximum absolute atomic E-state index is 9.22. The van der Waals surface area contributed by atoms with Crippen molar-refractivity contribution in [3.63, 3.8) is 0 Å². The van der Waals surface area contributed by atoms with E-state index < -0.39 is 0 Å². The molecule has 0 aliphatic carbocycles. The summed E-state index contributed by atoms with van der Waals surface area (Å²) in [5.41, 5.74) is 8.97. The molecule has 1 amide bonds. The quantitative estimate of drug-likeness (QED) is 0.599. The predicted octanol–water partition coefficient (Wildman–Crippen LogP) is -0.936. The molecule has 0 radical (unpaired) electrons. The second-order valence-electron chi connectivity index (χ2n) is 0.611. The summed E-state index contributed by atoms with van der Waals surface area (Å²) in [4.78, 5) is 9.22. The molecular formula is C3H10N2OW. The van der Waals surface area contributed by atoms with Gasteiger partial charge in [-0.05, 0) is 7.05 Å². The van der Waals surface area contributed by atoms with Gasteiger partial charge in [-0.1, -0.05) is 0 Å². The first-order valence-corrected chi connectivity index (χ1v) is 1.57. The largest absolute Gasteiger partial charge is 0.370 e. The molecule has 0 aromatic carbocycles. The van der Waals surface area contributed by atoms with Gasteiger partial charge in [0.15, 0.2) is 0 Å². The third-order valence-electron chi connectivity index (χ3n) is 0. The van der Waals surface area contributed by atoms with Crippen molar-refractivity contribution in [2.45, 2.75) is 6.92 Å². The van der Waals surface area contributed by atoms with E-state index in [2.05, 4.69) is 11.5 Å². The minimum absolute atomic E-state index is 0. The van der Waals surface area contributed by atoms with Gasteiger partial charge in [0.25, 0.3) is 0 Å². The summed E-state index contributed by atoms with van der Waals surface area (Å²) in [6.45, 7) is 1.31. The summed E-state index contributed by atoms with van der Waals surface area (Å²) in [7, 11) is 1.50. The zero-order valence-electron chi connectivity index (χ0n) is 4.47. The van der Waals surface area contributed by atoms with Gasteiger partial charge in [-0.3, -0.25) is 4.79 Å². The number of primary amides is 1. The molecule has 44 valence electrons. The zero-order valence-corrected chi connectivity index (χ0v) is 7.40. The van der Waals surface area contributed by atoms with Crippen LogP contribution in [-0.2, 0) is 25.9 Å². The Bertz CT molecular complexity index is 35.9. The van der Waals surface area contributed by atoms with Gasteiger partial charge >= 0.3 is 0 Å². The monoisotopic (exact) mass is 274 g/mol. The molecule has 0 heterocycles. The van der Waals surface area contributed by atoms with Crippen molar-refractivity contribution >= 4 is 5.91 Å². The molecule has 0 saturated carbocycles. The van der Waals surface area contributed by atoms with E-state index in [1.54, 1.807) is 0 Å². The third-order valence-corrected chi connectivity index (χ3v) is 0. The second-order valence-corrected chi connectivity index (χ2v) is 0.611. The number of hydrogen-bond donors (Lipinski definition) is 2. The summed E-state index contributed by atoms with van der Waals surface area (Å²) in [6, 6.07) is 0. The fraction of sp³-hybridized carbons (Fsp3) is 0.667. The molecule has 0 saturated heterocycles. The Morgan fingerprint density at radius 2 is 1.43 bits per heavy atom. The molecule has 0 aromatic heterocycles. The molecule has 0 aliphatic heterocycles. The van der Waals surface area contributed by atoms with Crippen LogP contribution in [0.1, 0.15) is 6.92 Å². The van der Waals surface area contributed by atoms with Crippen LogP contribution in [0, 0.1) is 0 Å². The number of hydrogen-bond acceptors (Lipinski definition) is 2. The van der Waals surface area contributed by atoms with E-state index in [0.29, 0.717) is 0 Å². The average Bonchev–Trinajstić information content (AvgIpc) is 1.41. The number of carbonyl (C=O) groups excluding carboxylic acids is 1. The average molecular weight is 274 g/mol. The first-order chi connectivity index (χ1) is 2.73. The van der Waals surface area contributed by atoms with Crippen LogP contribution in [0.5, 0.6) is 0 Å². The molecule has 0 fully saturated rings. The molecule has 0 rings (SSSR count). The van der Waals surface area contributed by atoms with Gasteiger partial charge in [0.05, 0.1) is 0 Å². The normalized spacial score (nSPS) is 4.43. The Morgan fingerprint density at radius 3 is 1.43 bits per heavy atom. The van der Waals surface area contributed by atoms with Gasteiger partial charge < -0.3 is 11.5 Å². The van der Waals surface area contributed by atoms with E-state index >= 15 is 0 Å². The fourth-order valence-corrected chi connectivity index (χ4v) is 0. The van der Waals surface area contributed by atoms with Crippen molar-refractivity contribution in [1.82, 2.24) is 0 Å². The van der Waals surface area contributed by atoms with Crippen molar-refractivity contribution in [3.8, 4) is 0 Å². The second kappa shape index (κ2) is 16.5. The van der Waals surface area contributed by atoms with Gasteiger partial charge in [0.2, 0.25) is 5.91 Å². The van der Waals surface area contributed by atoms with Crippen molar-refractivity contribution in [2.75, 3.05) is 7.05 Å². The van der Waals surface area contributed by atoms with Crippen LogP contribution in [0.25, 0.3) is 0 Å². The van der Waals surface area contributed by atoms with Crippen LogP contribution in [-0.4, -0.2) is 13.0 Å². The van der Waals surface area contributed by atoms with Crippen molar-refractivity contribution < 1.29 is 25.9 Å². The Morgan fingerprint density at radius 1 is 1.43 bits per heavy atom. The van der Waals surface area contributed by atoms with Crippen LogP contribution in [0.2, 0.25) is 0 Å². The van der Waals surface area contributed by atoms with Gasteiger partial charge in [-0.25, -0.2) is 0 Å². The van der Waals surface area contributed by atoms with E-state index in [-0.39, 0.29) is 27.0 Å². The van der Waals surface area contributed by atoms with E-state index in [1.807, 2.05) is 0 Å². The molecule has 0 aliphatic rings. The van der Waals surface area contributed by atoms with Crippen molar-refractivity contribution in [3.05, 3.63) is 0 Å². The standard InChI is InChI=1S/C2H5NO.CH5N.W/c1-2(3)4;1-2;/h1H3,(H2,3,4);2H2,1H3;. The minimum Gasteiger partial charge on any atom is -0.370 e. The molecule has 7 heavy (non-hydrogen) atoms. The SMILES string of the molecule is CC(N)=O.CN.[W]. The molecule has 3 nitrogen and oxygen atoms in total. The Hall–Kier alpha value is 0.118. The van der Waals surface area contributed by atoms with E-state index in [4.69, 9.17) is 0 Å². The fourth-order valence-electron chi connectivity index (χ4n) is 0. The number of nitrogens with two attached hydrogens (primary N) is 2. The summed E-state index contributed by atoms with van der Waals surface area (Å²) in [5, 5.41) is 0. The van der Waals surface area contributed by atoms with Gasteiger partial charge in [0, 0.05) is 28.0 Å². The Kier molecular flexibility index (Phi) is 37.0. The number of carbonyl (C=O) groups is 1. The van der Waals surface area contributed by atoms with E-state index in [1.165, 1.54) is 14.0 Å². The van der Waals surface area contributed by atoms with Crippen LogP contribution in [0.4, 0.5) is 0 Å². The zero-order chi connectivity index (χ0) is 5.58. The first kappa shape index (κ1) is 15.7. The minimum atomic E-state index is -0.333. The Labute approximate surface area is 57.7 Å². The molecule has 4 N–H and O–H groups in total. The van der Waals surface area contributed by atoms with Gasteiger partial charge in [-0.15, -0.1) is 0 Å². The topological polar surface area (TPSA) is 69.1 Å². The van der Waals surface area contributed by atoms with Crippen molar-refractivity contribution in [2.24, 2.45) is 11.5 Å². The third kappa shape index (κ3) is 7410. The molecule has 0 bridgehead atoms. The maximum atomic E-state index is 9.22. The number of rotatable bonds is 0. The van der Waals surface area contributed by atoms with Crippen LogP contribution >= 0.6 is 0 Å². The first-order valence-electron chi connectivity index (χ1n) is 1.57. The summed E-state index contributed by atoms with van der Waals surface area (Å²) in [5.74, 6) is -0.333. The maximum Gasteiger partial charge on any atom is 0.214 e. The molecule has 0 aromatic rings.